The molecule has 0 aliphatic carbocycles. The lowest BCUT2D eigenvalue weighted by Crippen LogP contribution is -2.52. The zero-order chi connectivity index (χ0) is 9.89. The molecule has 0 saturated heterocycles. The van der Waals surface area contributed by atoms with E-state index in [-0.39, 0.29) is 0 Å². The van der Waals surface area contributed by atoms with Gasteiger partial charge in [-0.2, -0.15) is 0 Å². The molecule has 0 amide bonds. The molecular formula is C6H12N2O4. The van der Waals surface area contributed by atoms with Crippen LogP contribution in [0.1, 0.15) is 13.8 Å². The van der Waals surface area contributed by atoms with Gasteiger partial charge in [0.1, 0.15) is 12.1 Å². The SMILES string of the molecule is CC(C(=O)O)N(N)C(C)C(=O)O. The van der Waals surface area contributed by atoms with Crippen molar-refractivity contribution in [1.82, 2.24) is 5.01 Å². The minimum atomic E-state index is -1.15. The summed E-state index contributed by atoms with van der Waals surface area (Å²) in [6.07, 6.45) is 0. The van der Waals surface area contributed by atoms with Crippen LogP contribution < -0.4 is 5.84 Å². The summed E-state index contributed by atoms with van der Waals surface area (Å²) in [5, 5.41) is 17.7. The molecule has 6 heteroatoms. The first kappa shape index (κ1) is 10.9. The first-order chi connectivity index (χ1) is 5.37. The molecular weight excluding hydrogens is 164 g/mol. The summed E-state index contributed by atoms with van der Waals surface area (Å²) >= 11 is 0. The molecule has 0 aromatic carbocycles. The molecule has 0 heterocycles. The van der Waals surface area contributed by atoms with E-state index in [0.717, 1.165) is 5.01 Å². The van der Waals surface area contributed by atoms with E-state index < -0.39 is 24.0 Å². The quantitative estimate of drug-likeness (QED) is 0.379. The largest absolute Gasteiger partial charge is 0.480 e. The first-order valence-electron chi connectivity index (χ1n) is 3.36. The molecule has 0 aromatic heterocycles. The number of hydrogen-bond donors (Lipinski definition) is 3. The maximum Gasteiger partial charge on any atom is 0.322 e. The van der Waals surface area contributed by atoms with Gasteiger partial charge >= 0.3 is 11.9 Å². The van der Waals surface area contributed by atoms with Crippen LogP contribution in [0.4, 0.5) is 0 Å². The fraction of sp³-hybridized carbons (Fsp3) is 0.667. The zero-order valence-corrected chi connectivity index (χ0v) is 6.89. The molecule has 0 bridgehead atoms. The van der Waals surface area contributed by atoms with Crippen molar-refractivity contribution in [3.63, 3.8) is 0 Å². The highest BCUT2D eigenvalue weighted by Gasteiger charge is 2.26. The van der Waals surface area contributed by atoms with Gasteiger partial charge in [0, 0.05) is 0 Å². The summed E-state index contributed by atoms with van der Waals surface area (Å²) in [4.78, 5) is 20.7. The molecule has 0 aromatic rings. The highest BCUT2D eigenvalue weighted by Crippen LogP contribution is 1.99. The topological polar surface area (TPSA) is 104 Å². The van der Waals surface area contributed by atoms with E-state index in [1.54, 1.807) is 0 Å². The molecule has 2 atom stereocenters. The summed E-state index contributed by atoms with van der Waals surface area (Å²) in [6, 6.07) is -2.01. The Morgan fingerprint density at radius 2 is 1.42 bits per heavy atom. The molecule has 0 radical (unpaired) electrons. The van der Waals surface area contributed by atoms with Gasteiger partial charge in [0.2, 0.25) is 0 Å². The Bertz CT molecular complexity index is 174. The van der Waals surface area contributed by atoms with Gasteiger partial charge in [-0.3, -0.25) is 15.4 Å². The average Bonchev–Trinajstić information content (AvgIpc) is 2.00. The number of hydrazine groups is 1. The fourth-order valence-corrected chi connectivity index (χ4v) is 0.590. The van der Waals surface area contributed by atoms with Crippen LogP contribution >= 0.6 is 0 Å². The molecule has 0 aliphatic heterocycles. The second-order valence-electron chi connectivity index (χ2n) is 2.48. The molecule has 70 valence electrons. The number of carbonyl (C=O) groups is 2. The van der Waals surface area contributed by atoms with Gasteiger partial charge in [0.25, 0.3) is 0 Å². The van der Waals surface area contributed by atoms with Crippen LogP contribution in [0, 0.1) is 0 Å². The molecule has 6 nitrogen and oxygen atoms in total. The normalized spacial score (nSPS) is 15.7. The van der Waals surface area contributed by atoms with Crippen molar-refractivity contribution in [3.8, 4) is 0 Å². The van der Waals surface area contributed by atoms with Crippen molar-refractivity contribution in [1.29, 1.82) is 0 Å². The monoisotopic (exact) mass is 176 g/mol. The summed E-state index contributed by atoms with van der Waals surface area (Å²) in [5.74, 6) is 2.94. The van der Waals surface area contributed by atoms with Crippen molar-refractivity contribution in [2.24, 2.45) is 5.84 Å². The minimum Gasteiger partial charge on any atom is -0.480 e. The second-order valence-corrected chi connectivity index (χ2v) is 2.48. The lowest BCUT2D eigenvalue weighted by atomic mass is 10.2. The number of rotatable bonds is 4. The standard InChI is InChI=1S/C6H12N2O4/c1-3(5(9)10)8(7)4(2)6(11)12/h3-4H,7H2,1-2H3,(H,9,10)(H,11,12). The van der Waals surface area contributed by atoms with E-state index >= 15 is 0 Å². The van der Waals surface area contributed by atoms with Crippen LogP contribution in [0.2, 0.25) is 0 Å². The van der Waals surface area contributed by atoms with Gasteiger partial charge < -0.3 is 10.2 Å². The lowest BCUT2D eigenvalue weighted by Gasteiger charge is -2.23. The Labute approximate surface area is 69.5 Å². The van der Waals surface area contributed by atoms with Crippen molar-refractivity contribution in [2.45, 2.75) is 25.9 Å². The summed E-state index contributed by atoms with van der Waals surface area (Å²) in [5.41, 5.74) is 0. The van der Waals surface area contributed by atoms with Gasteiger partial charge in [-0.25, -0.2) is 5.01 Å². The van der Waals surface area contributed by atoms with Crippen LogP contribution in [-0.2, 0) is 9.59 Å². The number of nitrogens with two attached hydrogens (primary N) is 1. The van der Waals surface area contributed by atoms with E-state index in [9.17, 15) is 9.59 Å². The molecule has 0 saturated carbocycles. The van der Waals surface area contributed by atoms with Gasteiger partial charge in [-0.1, -0.05) is 0 Å². The predicted molar refractivity (Wildman–Crippen MR) is 40.2 cm³/mol. The van der Waals surface area contributed by atoms with Crippen LogP contribution in [0.25, 0.3) is 0 Å². The van der Waals surface area contributed by atoms with Gasteiger partial charge in [-0.15, -0.1) is 0 Å². The number of aliphatic carboxylic acids is 2. The number of nitrogens with zero attached hydrogens (tertiary/aromatic N) is 1. The minimum absolute atomic E-state index is 0.782. The molecule has 4 N–H and O–H groups in total. The molecule has 0 spiro atoms. The van der Waals surface area contributed by atoms with Crippen LogP contribution in [0.3, 0.4) is 0 Å². The van der Waals surface area contributed by atoms with Crippen molar-refractivity contribution in [3.05, 3.63) is 0 Å². The Morgan fingerprint density at radius 3 is 1.58 bits per heavy atom. The number of hydrogen-bond acceptors (Lipinski definition) is 4. The van der Waals surface area contributed by atoms with Gasteiger partial charge in [-0.05, 0) is 13.8 Å². The van der Waals surface area contributed by atoms with E-state index in [1.807, 2.05) is 0 Å². The highest BCUT2D eigenvalue weighted by atomic mass is 16.4. The highest BCUT2D eigenvalue weighted by molar-refractivity contribution is 5.76. The molecule has 12 heavy (non-hydrogen) atoms. The predicted octanol–water partition coefficient (Wildman–Crippen LogP) is -0.892. The Morgan fingerprint density at radius 1 is 1.17 bits per heavy atom. The third-order valence-electron chi connectivity index (χ3n) is 1.61. The van der Waals surface area contributed by atoms with E-state index in [0.29, 0.717) is 0 Å². The van der Waals surface area contributed by atoms with Crippen LogP contribution in [-0.4, -0.2) is 39.2 Å². The molecule has 2 unspecified atom stereocenters. The second kappa shape index (κ2) is 4.03. The van der Waals surface area contributed by atoms with Crippen molar-refractivity contribution in [2.75, 3.05) is 0 Å². The molecule has 0 rings (SSSR count). The average molecular weight is 176 g/mol. The van der Waals surface area contributed by atoms with Crippen molar-refractivity contribution >= 4 is 11.9 Å². The van der Waals surface area contributed by atoms with E-state index in [4.69, 9.17) is 16.1 Å². The van der Waals surface area contributed by atoms with Crippen molar-refractivity contribution < 1.29 is 19.8 Å². The first-order valence-corrected chi connectivity index (χ1v) is 3.36. The summed E-state index contributed by atoms with van der Waals surface area (Å²) < 4.78 is 0. The number of carboxylic acids is 2. The maximum atomic E-state index is 10.4. The molecule has 0 aliphatic rings. The Hall–Kier alpha value is -1.14. The Kier molecular flexibility index (Phi) is 3.65. The Balaban J connectivity index is 4.28. The summed E-state index contributed by atoms with van der Waals surface area (Å²) in [6.45, 7) is 2.64. The zero-order valence-electron chi connectivity index (χ0n) is 6.89. The van der Waals surface area contributed by atoms with Crippen LogP contribution in [0.15, 0.2) is 0 Å². The third kappa shape index (κ3) is 2.48. The fourth-order valence-electron chi connectivity index (χ4n) is 0.590. The van der Waals surface area contributed by atoms with Gasteiger partial charge in [0.05, 0.1) is 0 Å². The smallest absolute Gasteiger partial charge is 0.322 e. The summed E-state index contributed by atoms with van der Waals surface area (Å²) in [7, 11) is 0. The van der Waals surface area contributed by atoms with E-state index in [1.165, 1.54) is 13.8 Å². The van der Waals surface area contributed by atoms with Gasteiger partial charge in [0.15, 0.2) is 0 Å². The number of carboxylic acid groups (broad SMARTS) is 2. The third-order valence-corrected chi connectivity index (χ3v) is 1.61. The molecule has 0 fully saturated rings. The van der Waals surface area contributed by atoms with E-state index in [2.05, 4.69) is 0 Å². The van der Waals surface area contributed by atoms with Crippen LogP contribution in [0.5, 0.6) is 0 Å². The lowest BCUT2D eigenvalue weighted by molar-refractivity contribution is -0.149. The maximum absolute atomic E-state index is 10.4.